The van der Waals surface area contributed by atoms with Crippen molar-refractivity contribution in [2.24, 2.45) is 0 Å². The standard InChI is InChI=1S/C21H19NO2.BrH/c1-16-15-22(14-12-21(23)24)13-11-17(16)9-10-19-7-4-6-18-5-2-3-8-20(18)19;/h2-11,13,15H,12,14H2,1H3;1H/b10-9+;. The zero-order chi connectivity index (χ0) is 16.9. The van der Waals surface area contributed by atoms with Gasteiger partial charge in [-0.2, -0.15) is 0 Å². The van der Waals surface area contributed by atoms with Gasteiger partial charge in [-0.15, -0.1) is 0 Å². The van der Waals surface area contributed by atoms with Gasteiger partial charge >= 0.3 is 5.97 Å². The molecular weight excluding hydrogens is 378 g/mol. The summed E-state index contributed by atoms with van der Waals surface area (Å²) in [5.74, 6) is -0.778. The Morgan fingerprint density at radius 2 is 1.76 bits per heavy atom. The van der Waals surface area contributed by atoms with E-state index in [9.17, 15) is 4.79 Å². The third-order valence-corrected chi connectivity index (χ3v) is 4.11. The minimum atomic E-state index is -0.778. The Hall–Kier alpha value is -2.46. The van der Waals surface area contributed by atoms with Crippen LogP contribution in [0, 0.1) is 6.92 Å². The Kier molecular flexibility index (Phi) is 6.48. The molecule has 1 N–H and O–H groups in total. The van der Waals surface area contributed by atoms with Crippen LogP contribution in [0.5, 0.6) is 0 Å². The summed E-state index contributed by atoms with van der Waals surface area (Å²) in [6, 6.07) is 16.7. The maximum Gasteiger partial charge on any atom is 0.309 e. The van der Waals surface area contributed by atoms with Crippen LogP contribution in [0.15, 0.2) is 60.9 Å². The minimum absolute atomic E-state index is 0. The quantitative estimate of drug-likeness (QED) is 0.654. The lowest BCUT2D eigenvalue weighted by molar-refractivity contribution is -0.696. The molecule has 0 saturated carbocycles. The van der Waals surface area contributed by atoms with Crippen LogP contribution in [0.3, 0.4) is 0 Å². The second kappa shape index (κ2) is 8.58. The number of carboxylic acid groups (broad SMARTS) is 1. The summed E-state index contributed by atoms with van der Waals surface area (Å²) in [4.78, 5) is 10.7. The van der Waals surface area contributed by atoms with Gasteiger partial charge in [0.25, 0.3) is 0 Å². The van der Waals surface area contributed by atoms with Gasteiger partial charge in [0.05, 0.1) is 0 Å². The van der Waals surface area contributed by atoms with Crippen molar-refractivity contribution in [2.75, 3.05) is 0 Å². The predicted octanol–water partition coefficient (Wildman–Crippen LogP) is 1.08. The van der Waals surface area contributed by atoms with Crippen molar-refractivity contribution in [2.45, 2.75) is 19.9 Å². The summed E-state index contributed by atoms with van der Waals surface area (Å²) in [5.41, 5.74) is 3.45. The molecule has 0 aliphatic carbocycles. The van der Waals surface area contributed by atoms with Crippen LogP contribution in [-0.4, -0.2) is 11.1 Å². The molecule has 1 aromatic heterocycles. The molecule has 128 valence electrons. The molecule has 0 bridgehead atoms. The molecule has 0 spiro atoms. The number of nitrogens with zero attached hydrogens (tertiary/aromatic N) is 1. The number of carboxylic acids is 1. The van der Waals surface area contributed by atoms with Crippen LogP contribution in [-0.2, 0) is 11.3 Å². The molecule has 0 amide bonds. The molecule has 0 unspecified atom stereocenters. The van der Waals surface area contributed by atoms with E-state index in [1.54, 1.807) is 0 Å². The highest BCUT2D eigenvalue weighted by Gasteiger charge is 2.07. The first-order valence-electron chi connectivity index (χ1n) is 8.01. The number of hydrogen-bond acceptors (Lipinski definition) is 1. The van der Waals surface area contributed by atoms with Crippen molar-refractivity contribution in [3.05, 3.63) is 77.6 Å². The number of pyridine rings is 1. The summed E-state index contributed by atoms with van der Waals surface area (Å²) >= 11 is 0. The van der Waals surface area contributed by atoms with Gasteiger partial charge in [0.1, 0.15) is 6.42 Å². The zero-order valence-electron chi connectivity index (χ0n) is 14.0. The lowest BCUT2D eigenvalue weighted by Crippen LogP contribution is -3.00. The number of hydrogen-bond donors (Lipinski definition) is 1. The van der Waals surface area contributed by atoms with Crippen molar-refractivity contribution < 1.29 is 31.4 Å². The Morgan fingerprint density at radius 3 is 2.52 bits per heavy atom. The van der Waals surface area contributed by atoms with Gasteiger partial charge in [0.15, 0.2) is 18.9 Å². The highest BCUT2D eigenvalue weighted by atomic mass is 79.9. The average molecular weight is 398 g/mol. The van der Waals surface area contributed by atoms with E-state index in [0.29, 0.717) is 6.54 Å². The third-order valence-electron chi connectivity index (χ3n) is 4.11. The maximum atomic E-state index is 10.7. The summed E-state index contributed by atoms with van der Waals surface area (Å²) < 4.78 is 1.92. The second-order valence-corrected chi connectivity index (χ2v) is 5.87. The molecule has 2 aromatic carbocycles. The molecule has 0 aliphatic heterocycles. The molecule has 0 aliphatic rings. The average Bonchev–Trinajstić information content (AvgIpc) is 2.59. The maximum absolute atomic E-state index is 10.7. The van der Waals surface area contributed by atoms with Gasteiger partial charge in [0, 0.05) is 11.6 Å². The van der Waals surface area contributed by atoms with E-state index in [1.165, 1.54) is 16.3 Å². The fourth-order valence-electron chi connectivity index (χ4n) is 2.80. The van der Waals surface area contributed by atoms with Gasteiger partial charge in [-0.3, -0.25) is 4.79 Å². The van der Waals surface area contributed by atoms with Crippen molar-refractivity contribution in [3.63, 3.8) is 0 Å². The van der Waals surface area contributed by atoms with E-state index in [0.717, 1.165) is 11.1 Å². The Balaban J connectivity index is 0.00000225. The smallest absolute Gasteiger partial charge is 0.309 e. The van der Waals surface area contributed by atoms with Gasteiger partial charge in [-0.25, -0.2) is 4.57 Å². The molecule has 3 rings (SSSR count). The normalized spacial score (nSPS) is 10.8. The number of aliphatic carboxylic acids is 1. The van der Waals surface area contributed by atoms with Crippen LogP contribution in [0.1, 0.15) is 23.1 Å². The lowest BCUT2D eigenvalue weighted by Gasteiger charge is -2.03. The van der Waals surface area contributed by atoms with Crippen molar-refractivity contribution >= 4 is 28.9 Å². The molecule has 3 aromatic rings. The molecule has 3 nitrogen and oxygen atoms in total. The summed E-state index contributed by atoms with van der Waals surface area (Å²) in [6.07, 6.45) is 8.30. The largest absolute Gasteiger partial charge is 1.00 e. The fourth-order valence-corrected chi connectivity index (χ4v) is 2.80. The van der Waals surface area contributed by atoms with E-state index >= 15 is 0 Å². The van der Waals surface area contributed by atoms with E-state index in [2.05, 4.69) is 48.6 Å². The lowest BCUT2D eigenvalue weighted by atomic mass is 10.0. The number of halogens is 1. The number of rotatable bonds is 5. The minimum Gasteiger partial charge on any atom is -1.00 e. The number of benzene rings is 2. The van der Waals surface area contributed by atoms with Crippen LogP contribution in [0.25, 0.3) is 22.9 Å². The van der Waals surface area contributed by atoms with Crippen molar-refractivity contribution in [3.8, 4) is 0 Å². The Labute approximate surface area is 158 Å². The first kappa shape index (κ1) is 18.9. The van der Waals surface area contributed by atoms with Gasteiger partial charge in [-0.1, -0.05) is 54.6 Å². The topological polar surface area (TPSA) is 41.2 Å². The van der Waals surface area contributed by atoms with Crippen LogP contribution in [0.4, 0.5) is 0 Å². The highest BCUT2D eigenvalue weighted by Crippen LogP contribution is 2.21. The van der Waals surface area contributed by atoms with Crippen LogP contribution < -0.4 is 21.5 Å². The number of carbonyl (C=O) groups is 1. The van der Waals surface area contributed by atoms with E-state index in [1.807, 2.05) is 36.0 Å². The highest BCUT2D eigenvalue weighted by molar-refractivity contribution is 5.92. The molecule has 0 fully saturated rings. The second-order valence-electron chi connectivity index (χ2n) is 5.87. The Morgan fingerprint density at radius 1 is 1.04 bits per heavy atom. The van der Waals surface area contributed by atoms with Gasteiger partial charge < -0.3 is 22.1 Å². The van der Waals surface area contributed by atoms with Crippen LogP contribution in [0.2, 0.25) is 0 Å². The molecule has 4 heteroatoms. The Bertz CT molecular complexity index is 913. The molecule has 25 heavy (non-hydrogen) atoms. The molecule has 0 saturated heterocycles. The number of fused-ring (bicyclic) bond motifs is 1. The monoisotopic (exact) mass is 397 g/mol. The molecule has 1 heterocycles. The number of aryl methyl sites for hydroxylation is 2. The summed E-state index contributed by atoms with van der Waals surface area (Å²) in [5, 5.41) is 11.2. The van der Waals surface area contributed by atoms with E-state index in [-0.39, 0.29) is 23.4 Å². The van der Waals surface area contributed by atoms with Gasteiger partial charge in [-0.05, 0) is 28.8 Å². The van der Waals surface area contributed by atoms with E-state index in [4.69, 9.17) is 5.11 Å². The molecule has 0 atom stereocenters. The summed E-state index contributed by atoms with van der Waals surface area (Å²) in [6.45, 7) is 2.53. The number of aromatic nitrogens is 1. The predicted molar refractivity (Wildman–Crippen MR) is 96.5 cm³/mol. The zero-order valence-corrected chi connectivity index (χ0v) is 15.6. The molecular formula is C21H20BrNO2. The van der Waals surface area contributed by atoms with Crippen molar-refractivity contribution in [1.82, 2.24) is 0 Å². The fraction of sp³-hybridized carbons (Fsp3) is 0.143. The van der Waals surface area contributed by atoms with E-state index < -0.39 is 5.97 Å². The SMILES string of the molecule is Cc1c[n+](CCC(=O)O)ccc1/C=C/c1cccc2ccccc12.[Br-]. The van der Waals surface area contributed by atoms with Crippen molar-refractivity contribution in [1.29, 1.82) is 0 Å². The summed E-state index contributed by atoms with van der Waals surface area (Å²) in [7, 11) is 0. The first-order chi connectivity index (χ1) is 11.6. The third kappa shape index (κ3) is 4.77. The first-order valence-corrected chi connectivity index (χ1v) is 8.01. The van der Waals surface area contributed by atoms with Crippen LogP contribution >= 0.6 is 0 Å². The molecule has 0 radical (unpaired) electrons. The van der Waals surface area contributed by atoms with Gasteiger partial charge in [0.2, 0.25) is 0 Å².